The molecule has 1 fully saturated rings. The first-order valence-electron chi connectivity index (χ1n) is 10.1. The minimum Gasteiger partial charge on any atom is -0.364 e. The first-order chi connectivity index (χ1) is 15.0. The van der Waals surface area contributed by atoms with Crippen LogP contribution in [0.2, 0.25) is 5.02 Å². The minimum absolute atomic E-state index is 0.106. The molecule has 0 radical (unpaired) electrons. The lowest BCUT2D eigenvalue weighted by Gasteiger charge is -2.31. The lowest BCUT2D eigenvalue weighted by molar-refractivity contribution is -0.124. The first-order valence-corrected chi connectivity index (χ1v) is 11.3. The number of aryl methyl sites for hydroxylation is 1. The molecule has 1 aliphatic rings. The zero-order valence-electron chi connectivity index (χ0n) is 17.0. The molecule has 3 aromatic rings. The van der Waals surface area contributed by atoms with Crippen molar-refractivity contribution in [3.05, 3.63) is 75.8 Å². The number of thiazole rings is 1. The van der Waals surface area contributed by atoms with Gasteiger partial charge in [0.05, 0.1) is 17.8 Å². The van der Waals surface area contributed by atoms with Gasteiger partial charge in [-0.1, -0.05) is 41.9 Å². The second kappa shape index (κ2) is 9.60. The summed E-state index contributed by atoms with van der Waals surface area (Å²) in [5, 5.41) is 6.13. The molecule has 0 aliphatic carbocycles. The summed E-state index contributed by atoms with van der Waals surface area (Å²) in [6.07, 6.45) is 1.65. The Hall–Kier alpha value is -2.74. The van der Waals surface area contributed by atoms with Crippen molar-refractivity contribution in [1.29, 1.82) is 0 Å². The van der Waals surface area contributed by atoms with Crippen LogP contribution in [0.25, 0.3) is 10.6 Å². The van der Waals surface area contributed by atoms with Gasteiger partial charge in [-0.25, -0.2) is 9.78 Å². The van der Waals surface area contributed by atoms with Crippen LogP contribution in [0.5, 0.6) is 0 Å². The Kier molecular flexibility index (Phi) is 6.65. The number of nitrogens with one attached hydrogen (secondary N) is 1. The summed E-state index contributed by atoms with van der Waals surface area (Å²) in [4.78, 5) is 35.8. The van der Waals surface area contributed by atoms with E-state index in [2.05, 4.69) is 10.3 Å². The van der Waals surface area contributed by atoms with Crippen molar-refractivity contribution in [2.45, 2.75) is 25.8 Å². The van der Waals surface area contributed by atoms with Gasteiger partial charge in [0.2, 0.25) is 0 Å². The van der Waals surface area contributed by atoms with Crippen LogP contribution >= 0.6 is 22.9 Å². The van der Waals surface area contributed by atoms with Crippen molar-refractivity contribution in [1.82, 2.24) is 15.4 Å². The molecule has 0 bridgehead atoms. The van der Waals surface area contributed by atoms with E-state index in [0.29, 0.717) is 34.2 Å². The molecule has 1 aliphatic heterocycles. The average Bonchev–Trinajstić information content (AvgIpc) is 3.17. The van der Waals surface area contributed by atoms with Gasteiger partial charge >= 0.3 is 5.97 Å². The molecule has 4 rings (SSSR count). The van der Waals surface area contributed by atoms with Gasteiger partial charge in [0.1, 0.15) is 9.88 Å². The molecule has 1 amide bonds. The van der Waals surface area contributed by atoms with Crippen LogP contribution in [-0.2, 0) is 4.84 Å². The quantitative estimate of drug-likeness (QED) is 0.601. The number of rotatable bonds is 5. The average molecular weight is 456 g/mol. The number of piperidine rings is 1. The van der Waals surface area contributed by atoms with Gasteiger partial charge in [0.15, 0.2) is 0 Å². The number of amides is 1. The monoisotopic (exact) mass is 455 g/mol. The van der Waals surface area contributed by atoms with Crippen LogP contribution in [0.1, 0.15) is 38.6 Å². The summed E-state index contributed by atoms with van der Waals surface area (Å²) in [6, 6.07) is 16.2. The molecule has 2 heterocycles. The maximum absolute atomic E-state index is 12.9. The van der Waals surface area contributed by atoms with E-state index >= 15 is 0 Å². The molecule has 2 aromatic carbocycles. The number of hydroxylamine groups is 2. The number of halogens is 1. The van der Waals surface area contributed by atoms with E-state index < -0.39 is 5.97 Å². The van der Waals surface area contributed by atoms with E-state index in [1.165, 1.54) is 11.3 Å². The van der Waals surface area contributed by atoms with Gasteiger partial charge in [0.25, 0.3) is 5.91 Å². The molecular weight excluding hydrogens is 434 g/mol. The molecule has 1 aromatic heterocycles. The van der Waals surface area contributed by atoms with E-state index in [1.807, 2.05) is 25.1 Å². The highest BCUT2D eigenvalue weighted by molar-refractivity contribution is 7.17. The summed E-state index contributed by atoms with van der Waals surface area (Å²) in [5.41, 5.74) is 2.12. The number of carbonyl (C=O) groups is 2. The molecule has 1 unspecified atom stereocenters. The van der Waals surface area contributed by atoms with Crippen LogP contribution in [-0.4, -0.2) is 41.1 Å². The predicted octanol–water partition coefficient (Wildman–Crippen LogP) is 4.74. The zero-order chi connectivity index (χ0) is 21.8. The smallest absolute Gasteiger partial charge is 0.357 e. The van der Waals surface area contributed by atoms with Gasteiger partial charge in [-0.15, -0.1) is 16.4 Å². The van der Waals surface area contributed by atoms with E-state index in [9.17, 15) is 9.59 Å². The summed E-state index contributed by atoms with van der Waals surface area (Å²) in [5.74, 6) is -0.546. The fourth-order valence-corrected chi connectivity index (χ4v) is 4.56. The number of carbonyl (C=O) groups excluding carboxylic acids is 2. The van der Waals surface area contributed by atoms with Crippen molar-refractivity contribution >= 4 is 34.8 Å². The lowest BCUT2D eigenvalue weighted by Crippen LogP contribution is -2.48. The Balaban J connectivity index is 1.38. The highest BCUT2D eigenvalue weighted by atomic mass is 35.5. The standard InChI is InChI=1S/C23H22ClN3O3S/c1-15-20(31-22(25-15)16-9-11-18(24)12-10-16)21(28)26-19-8-5-13-27(14-19)30-23(29)17-6-3-2-4-7-17/h2-4,6-7,9-12,19H,5,8,13-14H2,1H3,(H,26,28). The fourth-order valence-electron chi connectivity index (χ4n) is 3.46. The summed E-state index contributed by atoms with van der Waals surface area (Å²) >= 11 is 7.31. The molecule has 160 valence electrons. The number of hydrogen-bond acceptors (Lipinski definition) is 6. The predicted molar refractivity (Wildman–Crippen MR) is 121 cm³/mol. The van der Waals surface area contributed by atoms with Crippen molar-refractivity contribution < 1.29 is 14.4 Å². The van der Waals surface area contributed by atoms with Gasteiger partial charge in [0, 0.05) is 23.2 Å². The maximum atomic E-state index is 12.9. The minimum atomic E-state index is -0.390. The summed E-state index contributed by atoms with van der Waals surface area (Å²) in [7, 11) is 0. The molecule has 0 saturated carbocycles. The van der Waals surface area contributed by atoms with Crippen LogP contribution in [0.3, 0.4) is 0 Å². The van der Waals surface area contributed by atoms with Crippen molar-refractivity contribution in [2.75, 3.05) is 13.1 Å². The Bertz CT molecular complexity index is 1070. The maximum Gasteiger partial charge on any atom is 0.357 e. The van der Waals surface area contributed by atoms with E-state index in [1.54, 1.807) is 41.5 Å². The third kappa shape index (κ3) is 5.31. The molecule has 0 spiro atoms. The number of nitrogens with zero attached hydrogens (tertiary/aromatic N) is 2. The Labute approximate surface area is 189 Å². The topological polar surface area (TPSA) is 71.5 Å². The highest BCUT2D eigenvalue weighted by Gasteiger charge is 2.26. The van der Waals surface area contributed by atoms with E-state index in [0.717, 1.165) is 23.4 Å². The largest absolute Gasteiger partial charge is 0.364 e. The van der Waals surface area contributed by atoms with Gasteiger partial charge < -0.3 is 10.2 Å². The molecule has 1 atom stereocenters. The highest BCUT2D eigenvalue weighted by Crippen LogP contribution is 2.29. The van der Waals surface area contributed by atoms with Crippen LogP contribution in [0.15, 0.2) is 54.6 Å². The third-order valence-corrected chi connectivity index (χ3v) is 6.49. The van der Waals surface area contributed by atoms with Crippen LogP contribution in [0.4, 0.5) is 0 Å². The van der Waals surface area contributed by atoms with E-state index in [4.69, 9.17) is 16.4 Å². The Morgan fingerprint density at radius 1 is 1.16 bits per heavy atom. The van der Waals surface area contributed by atoms with Crippen molar-refractivity contribution in [3.63, 3.8) is 0 Å². The molecule has 1 N–H and O–H groups in total. The number of benzene rings is 2. The third-order valence-electron chi connectivity index (χ3n) is 5.03. The normalized spacial score (nSPS) is 16.6. The van der Waals surface area contributed by atoms with Crippen LogP contribution < -0.4 is 5.32 Å². The number of hydrogen-bond donors (Lipinski definition) is 1. The second-order valence-corrected chi connectivity index (χ2v) is 8.82. The Morgan fingerprint density at radius 2 is 1.90 bits per heavy atom. The molecule has 31 heavy (non-hydrogen) atoms. The summed E-state index contributed by atoms with van der Waals surface area (Å²) in [6.45, 7) is 2.93. The van der Waals surface area contributed by atoms with Crippen LogP contribution in [0, 0.1) is 6.92 Å². The van der Waals surface area contributed by atoms with Gasteiger partial charge in [-0.3, -0.25) is 4.79 Å². The van der Waals surface area contributed by atoms with Gasteiger partial charge in [-0.2, -0.15) is 0 Å². The Morgan fingerprint density at radius 3 is 2.65 bits per heavy atom. The SMILES string of the molecule is Cc1nc(-c2ccc(Cl)cc2)sc1C(=O)NC1CCCN(OC(=O)c2ccccc2)C1. The molecule has 6 nitrogen and oxygen atoms in total. The van der Waals surface area contributed by atoms with Gasteiger partial charge in [-0.05, 0) is 44.0 Å². The lowest BCUT2D eigenvalue weighted by atomic mass is 10.1. The second-order valence-electron chi connectivity index (χ2n) is 7.39. The summed E-state index contributed by atoms with van der Waals surface area (Å²) < 4.78 is 0. The molecule has 8 heteroatoms. The van der Waals surface area contributed by atoms with Crippen molar-refractivity contribution in [3.8, 4) is 10.6 Å². The molecular formula is C23H22ClN3O3S. The fraction of sp³-hybridized carbons (Fsp3) is 0.261. The zero-order valence-corrected chi connectivity index (χ0v) is 18.6. The molecule has 1 saturated heterocycles. The first kappa shape index (κ1) is 21.5. The number of aromatic nitrogens is 1. The van der Waals surface area contributed by atoms with E-state index in [-0.39, 0.29) is 11.9 Å². The van der Waals surface area contributed by atoms with Crippen molar-refractivity contribution in [2.24, 2.45) is 0 Å².